The molecule has 630 valence electrons. The van der Waals surface area contributed by atoms with Crippen LogP contribution in [0, 0.1) is 11.6 Å². The number of nitrogens with one attached hydrogen (secondary N) is 2. The van der Waals surface area contributed by atoms with E-state index in [4.69, 9.17) is 80.0 Å². The van der Waals surface area contributed by atoms with Gasteiger partial charge in [-0.05, 0) is 249 Å². The van der Waals surface area contributed by atoms with Crippen LogP contribution in [0.25, 0.3) is 0 Å². The third kappa shape index (κ3) is 17.6. The summed E-state index contributed by atoms with van der Waals surface area (Å²) in [5.74, 6) is 5.99. The van der Waals surface area contributed by atoms with Crippen LogP contribution in [0.2, 0.25) is 10.0 Å². The normalized spacial score (nSPS) is 17.9. The molecule has 0 saturated carbocycles. The zero-order valence-corrected chi connectivity index (χ0v) is 71.3. The molecule has 0 spiro atoms. The number of benzene rings is 10. The molecule has 0 fully saturated rings. The minimum Gasteiger partial charge on any atom is -0.493 e. The Kier molecular flexibility index (Phi) is 25.0. The Bertz CT molecular complexity index is 5740. The molecule has 0 aromatic heterocycles. The number of rotatable bonds is 23. The number of fused-ring (bicyclic) bond motifs is 4. The van der Waals surface area contributed by atoms with Crippen LogP contribution in [-0.2, 0) is 71.4 Å². The Morgan fingerprint density at radius 1 is 0.417 bits per heavy atom. The van der Waals surface area contributed by atoms with Gasteiger partial charge in [-0.25, -0.2) is 35.1 Å². The Morgan fingerprint density at radius 3 is 1.38 bits per heavy atom. The Hall–Kier alpha value is -10.1. The zero-order valence-electron chi connectivity index (χ0n) is 68.1. The van der Waals surface area contributed by atoms with Gasteiger partial charge in [0.15, 0.2) is 69.0 Å². The molecular weight excluding hydrogens is 1620 g/mol. The molecule has 18 rings (SSSR count). The highest BCUT2D eigenvalue weighted by atomic mass is 35.5. The van der Waals surface area contributed by atoms with E-state index in [1.807, 2.05) is 60.7 Å². The van der Waals surface area contributed by atoms with E-state index in [9.17, 15) is 25.6 Å². The first-order valence-electron chi connectivity index (χ1n) is 40.2. The molecule has 8 aliphatic heterocycles. The Labute approximate surface area is 709 Å². The van der Waals surface area contributed by atoms with Gasteiger partial charge in [-0.1, -0.05) is 59.6 Å². The second kappa shape index (κ2) is 35.9. The number of methoxy groups -OCH3 is 6. The summed E-state index contributed by atoms with van der Waals surface area (Å²) in [7, 11) is 5.84. The molecule has 12 bridgehead atoms. The summed E-state index contributed by atoms with van der Waals surface area (Å²) in [5, 5.41) is 0.298. The molecule has 120 heavy (non-hydrogen) atoms. The summed E-state index contributed by atoms with van der Waals surface area (Å²) < 4.78 is 166. The van der Waals surface area contributed by atoms with Crippen LogP contribution in [-0.4, -0.2) is 159 Å². The van der Waals surface area contributed by atoms with Gasteiger partial charge in [0.2, 0.25) is 31.5 Å². The molecule has 0 radical (unpaired) electrons. The standard InChI is InChI=1S/C92H96Cl2F2N6O16S2/c1-99-33-27-59-47-77(107-3)81-53-67(59)71(99)41-55-11-19-65(20-12-55)116-80-46-58(16-25-76(80)114-40-10-32-98-120(105,106)86-51-63(93)17-23-69(86)94)44-74-88-62(50-84(110-6)90(112-8)92(88)118-81)30-36-102(74)38-37-101-35-29-60-48-78(108-4)82-54-68(60)72(101)42-56-13-21-66(22-14-56)115-79-45-57(43-73-87-61(28-34-100(73)2)49-83(109-5)89(111-7)91(87)117-82)15-24-75(79)113-39-9-31-97-119(103,104)85-26-18-64(95)52-70(85)96/h11-26,45-54,71-74,97-98H,9-10,27-44H2,1-8H3/t71-,72-,73+,74+/m0/s1. The summed E-state index contributed by atoms with van der Waals surface area (Å²) >= 11 is 12.6. The Balaban J connectivity index is 0.765. The van der Waals surface area contributed by atoms with Crippen molar-refractivity contribution in [2.24, 2.45) is 0 Å². The predicted molar refractivity (Wildman–Crippen MR) is 454 cm³/mol. The summed E-state index contributed by atoms with van der Waals surface area (Å²) in [4.78, 5) is 9.07. The van der Waals surface area contributed by atoms with Crippen LogP contribution in [0.15, 0.2) is 168 Å². The van der Waals surface area contributed by atoms with Gasteiger partial charge < -0.3 is 56.8 Å². The monoisotopic (exact) mass is 1710 g/mol. The van der Waals surface area contributed by atoms with Gasteiger partial charge in [-0.15, -0.1) is 0 Å². The molecule has 8 heterocycles. The molecule has 0 unspecified atom stereocenters. The third-order valence-corrected chi connectivity index (χ3v) is 27.4. The SMILES string of the molecule is COc1cc2c3cc1Oc1c(OC)c(OC)cc4c1[C@@H](Cc1ccc(OCCCNS(=O)(=O)c5ccc(F)cc5F)c(c1)Oc1ccc(cc1)C[C@@H]3N(CCN1CCc3cc(OC)c(OC)c5c3[C@H]1Cc1ccc(OCCCNS(=O)(=O)c3cc(Cl)ccc3Cl)c(c1)Oc1ccc(cc1)C[C@H]1c3cc(c(OC)cc3CCN1C)O5)CC2)N(C)CC4. The first-order valence-corrected chi connectivity index (χ1v) is 44.0. The van der Waals surface area contributed by atoms with Gasteiger partial charge in [0.25, 0.3) is 0 Å². The van der Waals surface area contributed by atoms with Crippen molar-refractivity contribution in [3.8, 4) is 92.0 Å². The Morgan fingerprint density at radius 2 is 0.850 bits per heavy atom. The average Bonchev–Trinajstić information content (AvgIpc) is 0.749. The van der Waals surface area contributed by atoms with Crippen molar-refractivity contribution in [2.45, 2.75) is 98.2 Å². The molecule has 8 aliphatic rings. The fourth-order valence-electron chi connectivity index (χ4n) is 17.5. The van der Waals surface area contributed by atoms with Crippen LogP contribution >= 0.6 is 23.2 Å². The van der Waals surface area contributed by atoms with E-state index in [1.165, 1.54) is 23.8 Å². The number of halogens is 4. The minimum atomic E-state index is -4.31. The van der Waals surface area contributed by atoms with E-state index in [-0.39, 0.29) is 71.8 Å². The molecule has 10 aromatic rings. The fraction of sp³-hybridized carbons (Fsp3) is 0.348. The molecule has 0 aliphatic carbocycles. The van der Waals surface area contributed by atoms with Crippen molar-refractivity contribution in [1.82, 2.24) is 29.0 Å². The lowest BCUT2D eigenvalue weighted by Gasteiger charge is -2.42. The maximum atomic E-state index is 14.7. The number of ether oxygens (including phenoxy) is 12. The second-order valence-corrected chi connectivity index (χ2v) is 35.3. The van der Waals surface area contributed by atoms with Crippen LogP contribution in [0.5, 0.6) is 92.0 Å². The van der Waals surface area contributed by atoms with Gasteiger partial charge in [0.1, 0.15) is 32.9 Å². The van der Waals surface area contributed by atoms with E-state index >= 15 is 0 Å². The van der Waals surface area contributed by atoms with E-state index in [1.54, 1.807) is 42.7 Å². The number of hydrogen-bond acceptors (Lipinski definition) is 20. The average molecular weight is 1710 g/mol. The molecule has 10 aromatic carbocycles. The lowest BCUT2D eigenvalue weighted by Crippen LogP contribution is -2.45. The van der Waals surface area contributed by atoms with Crippen molar-refractivity contribution in [1.29, 1.82) is 0 Å². The number of hydrogen-bond donors (Lipinski definition) is 2. The first kappa shape index (κ1) is 83.5. The molecule has 28 heteroatoms. The lowest BCUT2D eigenvalue weighted by molar-refractivity contribution is 0.119. The third-order valence-electron chi connectivity index (χ3n) is 23.7. The smallest absolute Gasteiger partial charge is 0.243 e. The molecule has 0 amide bonds. The highest BCUT2D eigenvalue weighted by Gasteiger charge is 2.40. The van der Waals surface area contributed by atoms with E-state index in [2.05, 4.69) is 104 Å². The topological polar surface area (TPSA) is 216 Å². The molecular formula is C92H96Cl2F2N6O16S2. The fourth-order valence-corrected chi connectivity index (χ4v) is 20.5. The summed E-state index contributed by atoms with van der Waals surface area (Å²) in [6.45, 7) is 4.26. The van der Waals surface area contributed by atoms with E-state index < -0.39 is 36.6 Å². The minimum absolute atomic E-state index is 0.0235. The van der Waals surface area contributed by atoms with Crippen molar-refractivity contribution in [2.75, 3.05) is 122 Å². The van der Waals surface area contributed by atoms with Crippen LogP contribution < -0.4 is 66.3 Å². The maximum Gasteiger partial charge on any atom is 0.243 e. The van der Waals surface area contributed by atoms with Crippen LogP contribution in [0.3, 0.4) is 0 Å². The highest BCUT2D eigenvalue weighted by Crippen LogP contribution is 2.55. The van der Waals surface area contributed by atoms with Gasteiger partial charge >= 0.3 is 0 Å². The van der Waals surface area contributed by atoms with Crippen molar-refractivity contribution < 1.29 is 82.5 Å². The molecule has 22 nitrogen and oxygen atoms in total. The largest absolute Gasteiger partial charge is 0.493 e. The quantitative estimate of drug-likeness (QED) is 0.0569. The van der Waals surface area contributed by atoms with Crippen molar-refractivity contribution in [3.63, 3.8) is 0 Å². The molecule has 2 N–H and O–H groups in total. The molecule has 4 atom stereocenters. The number of likely N-dealkylation sites (N-methyl/N-ethyl adjacent to an activating group) is 2. The van der Waals surface area contributed by atoms with Crippen LogP contribution in [0.1, 0.15) is 104 Å². The summed E-state index contributed by atoms with van der Waals surface area (Å²) in [6, 6.07) is 46.6. The number of sulfonamides is 2. The van der Waals surface area contributed by atoms with Crippen molar-refractivity contribution >= 4 is 43.2 Å². The van der Waals surface area contributed by atoms with Crippen molar-refractivity contribution in [3.05, 3.63) is 246 Å². The zero-order chi connectivity index (χ0) is 83.7. The number of nitrogens with zero attached hydrogens (tertiary/aromatic N) is 4. The second-order valence-electron chi connectivity index (χ2n) is 31.0. The van der Waals surface area contributed by atoms with Gasteiger partial charge in [-0.2, -0.15) is 0 Å². The van der Waals surface area contributed by atoms with E-state index in [0.717, 1.165) is 92.8 Å². The molecule has 0 saturated heterocycles. The first-order chi connectivity index (χ1) is 58.1. The van der Waals surface area contributed by atoms with Crippen LogP contribution in [0.4, 0.5) is 8.78 Å². The lowest BCUT2D eigenvalue weighted by atomic mass is 9.86. The maximum absolute atomic E-state index is 14.7. The summed E-state index contributed by atoms with van der Waals surface area (Å²) in [5.41, 5.74) is 12.4. The van der Waals surface area contributed by atoms with Gasteiger partial charge in [-0.3, -0.25) is 19.6 Å². The predicted octanol–water partition coefficient (Wildman–Crippen LogP) is 17.1. The van der Waals surface area contributed by atoms with E-state index in [0.29, 0.717) is 176 Å². The summed E-state index contributed by atoms with van der Waals surface area (Å²) in [6.07, 6.45) is 5.56. The van der Waals surface area contributed by atoms with Gasteiger partial charge in [0, 0.05) is 98.7 Å². The highest BCUT2D eigenvalue weighted by molar-refractivity contribution is 7.89. The van der Waals surface area contributed by atoms with Gasteiger partial charge in [0.05, 0.1) is 60.9 Å².